The summed E-state index contributed by atoms with van der Waals surface area (Å²) in [6.45, 7) is 0.268. The van der Waals surface area contributed by atoms with E-state index in [4.69, 9.17) is 5.11 Å². The molecule has 1 aromatic heterocycles. The van der Waals surface area contributed by atoms with Gasteiger partial charge in [-0.1, -0.05) is 31.4 Å². The van der Waals surface area contributed by atoms with Gasteiger partial charge in [0.05, 0.1) is 12.2 Å². The number of carboxylic acid groups (broad SMARTS) is 1. The Morgan fingerprint density at radius 3 is 2.59 bits per heavy atom. The quantitative estimate of drug-likeness (QED) is 0.631. The van der Waals surface area contributed by atoms with Gasteiger partial charge in [0.1, 0.15) is 0 Å². The Bertz CT molecular complexity index is 871. The maximum Gasteiger partial charge on any atom is 0.356 e. The standard InChI is InChI=1S/C21H26N4O4/c26-19(12-15-5-2-1-3-6-15)23-14-20(27)22-13-16-7-4-8-17(11-16)25-10-9-18(24-25)21(28)29/h4,7-11,15H,1-3,5-6,12-14H2,(H,22,27)(H,23,26)(H,28,29). The normalized spacial score (nSPS) is 14.3. The highest BCUT2D eigenvalue weighted by Gasteiger charge is 2.17. The fourth-order valence-electron chi connectivity index (χ4n) is 3.56. The summed E-state index contributed by atoms with van der Waals surface area (Å²) in [4.78, 5) is 35.0. The van der Waals surface area contributed by atoms with Gasteiger partial charge in [-0.3, -0.25) is 9.59 Å². The third-order valence-corrected chi connectivity index (χ3v) is 5.12. The number of carbonyl (C=O) groups is 3. The number of amides is 2. The summed E-state index contributed by atoms with van der Waals surface area (Å²) in [7, 11) is 0. The van der Waals surface area contributed by atoms with E-state index in [1.807, 2.05) is 18.2 Å². The van der Waals surface area contributed by atoms with E-state index < -0.39 is 5.97 Å². The van der Waals surface area contributed by atoms with Gasteiger partial charge in [0.15, 0.2) is 5.69 Å². The van der Waals surface area contributed by atoms with Crippen molar-refractivity contribution in [3.63, 3.8) is 0 Å². The Labute approximate surface area is 169 Å². The molecular formula is C21H26N4O4. The molecule has 29 heavy (non-hydrogen) atoms. The van der Waals surface area contributed by atoms with Crippen molar-refractivity contribution in [1.82, 2.24) is 20.4 Å². The van der Waals surface area contributed by atoms with E-state index in [1.165, 1.54) is 30.0 Å². The van der Waals surface area contributed by atoms with Crippen LogP contribution in [0.4, 0.5) is 0 Å². The van der Waals surface area contributed by atoms with Gasteiger partial charge in [0.2, 0.25) is 11.8 Å². The molecule has 2 amide bonds. The molecule has 1 aliphatic rings. The number of nitrogens with one attached hydrogen (secondary N) is 2. The SMILES string of the molecule is O=C(CNC(=O)CC1CCCCC1)NCc1cccc(-n2ccc(C(=O)O)n2)c1. The highest BCUT2D eigenvalue weighted by atomic mass is 16.4. The van der Waals surface area contributed by atoms with E-state index in [2.05, 4.69) is 15.7 Å². The van der Waals surface area contributed by atoms with Crippen LogP contribution in [-0.4, -0.2) is 39.2 Å². The minimum Gasteiger partial charge on any atom is -0.476 e. The first-order valence-corrected chi connectivity index (χ1v) is 9.93. The topological polar surface area (TPSA) is 113 Å². The average molecular weight is 398 g/mol. The Morgan fingerprint density at radius 1 is 1.07 bits per heavy atom. The Balaban J connectivity index is 1.45. The van der Waals surface area contributed by atoms with E-state index in [0.29, 0.717) is 24.6 Å². The van der Waals surface area contributed by atoms with Crippen molar-refractivity contribution in [1.29, 1.82) is 0 Å². The molecule has 0 radical (unpaired) electrons. The second-order valence-electron chi connectivity index (χ2n) is 7.38. The molecule has 8 heteroatoms. The van der Waals surface area contributed by atoms with Crippen LogP contribution in [0.15, 0.2) is 36.5 Å². The number of aromatic carboxylic acids is 1. The van der Waals surface area contributed by atoms with Crippen LogP contribution in [0.5, 0.6) is 0 Å². The lowest BCUT2D eigenvalue weighted by Gasteiger charge is -2.20. The molecule has 0 aliphatic heterocycles. The van der Waals surface area contributed by atoms with E-state index in [0.717, 1.165) is 18.4 Å². The van der Waals surface area contributed by atoms with Crippen molar-refractivity contribution < 1.29 is 19.5 Å². The van der Waals surface area contributed by atoms with Crippen LogP contribution in [0.25, 0.3) is 5.69 Å². The first-order chi connectivity index (χ1) is 14.0. The number of benzene rings is 1. The molecule has 1 heterocycles. The number of carbonyl (C=O) groups excluding carboxylic acids is 2. The first-order valence-electron chi connectivity index (χ1n) is 9.93. The van der Waals surface area contributed by atoms with E-state index >= 15 is 0 Å². The zero-order valence-electron chi connectivity index (χ0n) is 16.3. The predicted octanol–water partition coefficient (Wildman–Crippen LogP) is 2.27. The third-order valence-electron chi connectivity index (χ3n) is 5.12. The monoisotopic (exact) mass is 398 g/mol. The lowest BCUT2D eigenvalue weighted by atomic mass is 9.87. The summed E-state index contributed by atoms with van der Waals surface area (Å²) >= 11 is 0. The third kappa shape index (κ3) is 6.17. The summed E-state index contributed by atoms with van der Waals surface area (Å²) in [5.41, 5.74) is 1.51. The fraction of sp³-hybridized carbons (Fsp3) is 0.429. The van der Waals surface area contributed by atoms with Crippen molar-refractivity contribution in [3.8, 4) is 5.69 Å². The molecule has 1 fully saturated rings. The number of carboxylic acids is 1. The van der Waals surface area contributed by atoms with E-state index in [-0.39, 0.29) is 24.1 Å². The molecule has 3 N–H and O–H groups in total. The molecule has 0 bridgehead atoms. The van der Waals surface area contributed by atoms with Crippen molar-refractivity contribution in [3.05, 3.63) is 47.8 Å². The van der Waals surface area contributed by atoms with Crippen LogP contribution in [0.2, 0.25) is 0 Å². The first kappa shape index (κ1) is 20.6. The highest BCUT2D eigenvalue weighted by molar-refractivity contribution is 5.85. The Hall–Kier alpha value is -3.16. The summed E-state index contributed by atoms with van der Waals surface area (Å²) in [5.74, 6) is -0.960. The fourth-order valence-corrected chi connectivity index (χ4v) is 3.56. The molecule has 0 spiro atoms. The van der Waals surface area contributed by atoms with Gasteiger partial charge in [0, 0.05) is 19.2 Å². The highest BCUT2D eigenvalue weighted by Crippen LogP contribution is 2.25. The van der Waals surface area contributed by atoms with Gasteiger partial charge in [0.25, 0.3) is 0 Å². The van der Waals surface area contributed by atoms with Crippen LogP contribution in [0, 0.1) is 5.92 Å². The molecule has 1 aromatic carbocycles. The van der Waals surface area contributed by atoms with Crippen LogP contribution in [0.3, 0.4) is 0 Å². The minimum atomic E-state index is -1.09. The van der Waals surface area contributed by atoms with Gasteiger partial charge < -0.3 is 15.7 Å². The zero-order valence-corrected chi connectivity index (χ0v) is 16.3. The number of aromatic nitrogens is 2. The number of nitrogens with zero attached hydrogens (tertiary/aromatic N) is 2. The molecule has 2 aromatic rings. The molecule has 154 valence electrons. The van der Waals surface area contributed by atoms with Crippen molar-refractivity contribution >= 4 is 17.8 Å². The largest absolute Gasteiger partial charge is 0.476 e. The van der Waals surface area contributed by atoms with Gasteiger partial charge in [-0.25, -0.2) is 9.48 Å². The Kier molecular flexibility index (Phi) is 6.99. The maximum absolute atomic E-state index is 12.0. The summed E-state index contributed by atoms with van der Waals surface area (Å²) in [5, 5.41) is 18.4. The molecule has 1 aliphatic carbocycles. The number of hydrogen-bond acceptors (Lipinski definition) is 4. The number of rotatable bonds is 8. The molecule has 1 saturated carbocycles. The van der Waals surface area contributed by atoms with Gasteiger partial charge >= 0.3 is 5.97 Å². The van der Waals surface area contributed by atoms with Gasteiger partial charge in [-0.2, -0.15) is 5.10 Å². The lowest BCUT2D eigenvalue weighted by Crippen LogP contribution is -2.37. The summed E-state index contributed by atoms with van der Waals surface area (Å²) in [6, 6.07) is 8.71. The Morgan fingerprint density at radius 2 is 1.86 bits per heavy atom. The van der Waals surface area contributed by atoms with Crippen molar-refractivity contribution in [2.24, 2.45) is 5.92 Å². The van der Waals surface area contributed by atoms with Crippen molar-refractivity contribution in [2.45, 2.75) is 45.1 Å². The second-order valence-corrected chi connectivity index (χ2v) is 7.38. The van der Waals surface area contributed by atoms with Crippen LogP contribution in [0.1, 0.15) is 54.6 Å². The molecule has 0 unspecified atom stereocenters. The molecule has 8 nitrogen and oxygen atoms in total. The molecule has 3 rings (SSSR count). The van der Waals surface area contributed by atoms with E-state index in [1.54, 1.807) is 12.3 Å². The lowest BCUT2D eigenvalue weighted by molar-refractivity contribution is -0.126. The number of hydrogen-bond donors (Lipinski definition) is 3. The second kappa shape index (κ2) is 9.86. The molecule has 0 atom stereocenters. The summed E-state index contributed by atoms with van der Waals surface area (Å²) in [6.07, 6.45) is 7.89. The average Bonchev–Trinajstić information content (AvgIpc) is 3.22. The van der Waals surface area contributed by atoms with Gasteiger partial charge in [-0.05, 0) is 42.5 Å². The zero-order chi connectivity index (χ0) is 20.6. The minimum absolute atomic E-state index is 0.0346. The van der Waals surface area contributed by atoms with Crippen molar-refractivity contribution in [2.75, 3.05) is 6.54 Å². The smallest absolute Gasteiger partial charge is 0.356 e. The van der Waals surface area contributed by atoms with Crippen LogP contribution < -0.4 is 10.6 Å². The molecular weight excluding hydrogens is 372 g/mol. The molecule has 0 saturated heterocycles. The summed E-state index contributed by atoms with van der Waals surface area (Å²) < 4.78 is 1.47. The predicted molar refractivity (Wildman–Crippen MR) is 107 cm³/mol. The van der Waals surface area contributed by atoms with Crippen LogP contribution >= 0.6 is 0 Å². The van der Waals surface area contributed by atoms with E-state index in [9.17, 15) is 14.4 Å². The van der Waals surface area contributed by atoms with Crippen LogP contribution in [-0.2, 0) is 16.1 Å². The van der Waals surface area contributed by atoms with Gasteiger partial charge in [-0.15, -0.1) is 0 Å². The maximum atomic E-state index is 12.0.